The molecule has 0 aromatic heterocycles. The highest BCUT2D eigenvalue weighted by Gasteiger charge is 2.05. The third kappa shape index (κ3) is 5.12. The first kappa shape index (κ1) is 18.0. The molecule has 2 N–H and O–H groups in total. The number of carboxylic acids is 1. The van der Waals surface area contributed by atoms with Gasteiger partial charge in [0.25, 0.3) is 0 Å². The molecule has 0 fully saturated rings. The summed E-state index contributed by atoms with van der Waals surface area (Å²) in [5.74, 6) is -0.395. The maximum absolute atomic E-state index is 10.7. The summed E-state index contributed by atoms with van der Waals surface area (Å²) in [6, 6.07) is 21.9. The van der Waals surface area contributed by atoms with Crippen molar-refractivity contribution in [1.29, 1.82) is 0 Å². The molecule has 0 amide bonds. The largest absolute Gasteiger partial charge is 0.481 e. The van der Waals surface area contributed by atoms with Crippen molar-refractivity contribution < 1.29 is 14.6 Å². The Hall–Kier alpha value is -2.76. The quantitative estimate of drug-likeness (QED) is 0.447. The van der Waals surface area contributed by atoms with E-state index >= 15 is 0 Å². The molecule has 0 aliphatic rings. The van der Waals surface area contributed by atoms with Crippen LogP contribution in [-0.2, 0) is 11.3 Å². The Kier molecular flexibility index (Phi) is 6.30. The van der Waals surface area contributed by atoms with Crippen LogP contribution >= 0.6 is 11.9 Å². The summed E-state index contributed by atoms with van der Waals surface area (Å²) in [4.78, 5) is 10.7. The number of hydrogen-bond acceptors (Lipinski definition) is 4. The lowest BCUT2D eigenvalue weighted by Crippen LogP contribution is -2.09. The number of aliphatic carboxylic acids is 1. The van der Waals surface area contributed by atoms with Gasteiger partial charge in [-0.1, -0.05) is 66.5 Å². The predicted molar refractivity (Wildman–Crippen MR) is 107 cm³/mol. The van der Waals surface area contributed by atoms with Crippen LogP contribution in [0.2, 0.25) is 0 Å². The van der Waals surface area contributed by atoms with E-state index < -0.39 is 5.97 Å². The molecule has 4 nitrogen and oxygen atoms in total. The number of hydrogen-bond donors (Lipinski definition) is 2. The Morgan fingerprint density at radius 2 is 1.92 bits per heavy atom. The van der Waals surface area contributed by atoms with Crippen LogP contribution in [0.5, 0.6) is 5.75 Å². The number of nitrogens with one attached hydrogen (secondary N) is 1. The van der Waals surface area contributed by atoms with Gasteiger partial charge in [0.05, 0.1) is 0 Å². The Bertz CT molecular complexity index is 910. The lowest BCUT2D eigenvalue weighted by molar-refractivity contribution is -0.139. The van der Waals surface area contributed by atoms with E-state index in [0.29, 0.717) is 5.75 Å². The summed E-state index contributed by atoms with van der Waals surface area (Å²) in [5.41, 5.74) is 2.31. The number of carboxylic acid groups (broad SMARTS) is 1. The van der Waals surface area contributed by atoms with Gasteiger partial charge < -0.3 is 9.84 Å². The van der Waals surface area contributed by atoms with Gasteiger partial charge in [0, 0.05) is 11.9 Å². The van der Waals surface area contributed by atoms with Crippen molar-refractivity contribution in [2.24, 2.45) is 0 Å². The molecule has 0 unspecified atom stereocenters. The van der Waals surface area contributed by atoms with E-state index in [4.69, 9.17) is 9.84 Å². The van der Waals surface area contributed by atoms with E-state index in [9.17, 15) is 4.79 Å². The van der Waals surface area contributed by atoms with Gasteiger partial charge in [0.15, 0.2) is 6.61 Å². The van der Waals surface area contributed by atoms with Gasteiger partial charge in [0.1, 0.15) is 5.75 Å². The van der Waals surface area contributed by atoms with Crippen LogP contribution in [0.15, 0.2) is 72.1 Å². The normalized spacial score (nSPS) is 11.1. The van der Waals surface area contributed by atoms with Crippen molar-refractivity contribution in [3.63, 3.8) is 0 Å². The fourth-order valence-corrected chi connectivity index (χ4v) is 3.10. The van der Waals surface area contributed by atoms with Crippen molar-refractivity contribution in [2.45, 2.75) is 6.54 Å². The minimum Gasteiger partial charge on any atom is -0.481 e. The van der Waals surface area contributed by atoms with Crippen LogP contribution in [0.3, 0.4) is 0 Å². The van der Waals surface area contributed by atoms with Gasteiger partial charge in [-0.05, 0) is 40.1 Å². The summed E-state index contributed by atoms with van der Waals surface area (Å²) in [6.45, 7) is 0.382. The maximum Gasteiger partial charge on any atom is 0.341 e. The standard InChI is InChI=1S/C21H19NO3S/c23-21(24)15-25-20-8-4-7-18-13-17(9-10-19(18)20)14-22-26-12-11-16-5-2-1-3-6-16/h1-13,22H,14-15H2,(H,23,24)/b12-11+. The summed E-state index contributed by atoms with van der Waals surface area (Å²) in [5, 5.41) is 12.7. The monoisotopic (exact) mass is 365 g/mol. The van der Waals surface area contributed by atoms with Crippen LogP contribution in [0, 0.1) is 0 Å². The molecule has 0 aliphatic heterocycles. The van der Waals surface area contributed by atoms with Crippen LogP contribution in [-0.4, -0.2) is 17.7 Å². The molecule has 3 rings (SSSR count). The highest BCUT2D eigenvalue weighted by atomic mass is 32.2. The average Bonchev–Trinajstić information content (AvgIpc) is 2.66. The lowest BCUT2D eigenvalue weighted by atomic mass is 10.1. The molecule has 0 aliphatic carbocycles. The van der Waals surface area contributed by atoms with Crippen LogP contribution in [0.1, 0.15) is 11.1 Å². The van der Waals surface area contributed by atoms with E-state index in [-0.39, 0.29) is 6.61 Å². The lowest BCUT2D eigenvalue weighted by Gasteiger charge is -2.09. The predicted octanol–water partition coefficient (Wildman–Crippen LogP) is 4.71. The van der Waals surface area contributed by atoms with E-state index in [1.165, 1.54) is 5.56 Å². The molecule has 0 bridgehead atoms. The first-order valence-corrected chi connectivity index (χ1v) is 9.07. The first-order valence-electron chi connectivity index (χ1n) is 8.19. The SMILES string of the molecule is O=C(O)COc1cccc2cc(CNS/C=C/c3ccccc3)ccc12. The van der Waals surface area contributed by atoms with Gasteiger partial charge in [-0.2, -0.15) is 0 Å². The zero-order valence-electron chi connectivity index (χ0n) is 14.1. The highest BCUT2D eigenvalue weighted by molar-refractivity contribution is 8.00. The van der Waals surface area contributed by atoms with Gasteiger partial charge in [0.2, 0.25) is 0 Å². The van der Waals surface area contributed by atoms with Crippen molar-refractivity contribution in [3.8, 4) is 5.75 Å². The van der Waals surface area contributed by atoms with E-state index in [2.05, 4.69) is 29.0 Å². The van der Waals surface area contributed by atoms with Gasteiger partial charge in [-0.25, -0.2) is 4.79 Å². The number of benzene rings is 3. The Labute approximate surface area is 156 Å². The van der Waals surface area contributed by atoms with Crippen LogP contribution < -0.4 is 9.46 Å². The van der Waals surface area contributed by atoms with E-state index in [0.717, 1.165) is 22.9 Å². The maximum atomic E-state index is 10.7. The second-order valence-electron chi connectivity index (χ2n) is 5.65. The summed E-state index contributed by atoms with van der Waals surface area (Å²) in [6.07, 6.45) is 2.06. The molecule has 5 heteroatoms. The molecule has 3 aromatic rings. The van der Waals surface area contributed by atoms with Gasteiger partial charge in [-0.3, -0.25) is 4.72 Å². The van der Waals surface area contributed by atoms with Crippen molar-refractivity contribution in [2.75, 3.05) is 6.61 Å². The minimum absolute atomic E-state index is 0.340. The molecule has 132 valence electrons. The molecular weight excluding hydrogens is 346 g/mol. The third-order valence-electron chi connectivity index (χ3n) is 3.74. The molecule has 0 atom stereocenters. The number of ether oxygens (including phenoxy) is 1. The molecule has 0 radical (unpaired) electrons. The van der Waals surface area contributed by atoms with Crippen molar-refractivity contribution >= 4 is 34.8 Å². The van der Waals surface area contributed by atoms with Crippen LogP contribution in [0.4, 0.5) is 0 Å². The van der Waals surface area contributed by atoms with Crippen molar-refractivity contribution in [3.05, 3.63) is 83.3 Å². The zero-order valence-corrected chi connectivity index (χ0v) is 14.9. The van der Waals surface area contributed by atoms with Crippen molar-refractivity contribution in [1.82, 2.24) is 4.72 Å². The molecule has 0 heterocycles. The molecule has 0 spiro atoms. The zero-order chi connectivity index (χ0) is 18.2. The first-order chi connectivity index (χ1) is 12.7. The molecule has 26 heavy (non-hydrogen) atoms. The Balaban J connectivity index is 1.59. The second-order valence-corrected chi connectivity index (χ2v) is 6.44. The highest BCUT2D eigenvalue weighted by Crippen LogP contribution is 2.26. The topological polar surface area (TPSA) is 58.6 Å². The van der Waals surface area contributed by atoms with Crippen LogP contribution in [0.25, 0.3) is 16.8 Å². The number of rotatable bonds is 8. The van der Waals surface area contributed by atoms with E-state index in [1.54, 1.807) is 18.0 Å². The number of carbonyl (C=O) groups is 1. The summed E-state index contributed by atoms with van der Waals surface area (Å²) < 4.78 is 8.66. The molecule has 3 aromatic carbocycles. The average molecular weight is 365 g/mol. The third-order valence-corrected chi connectivity index (χ3v) is 4.33. The van der Waals surface area contributed by atoms with Gasteiger partial charge >= 0.3 is 5.97 Å². The summed E-state index contributed by atoms with van der Waals surface area (Å²) >= 11 is 1.54. The van der Waals surface area contributed by atoms with Gasteiger partial charge in [-0.15, -0.1) is 0 Å². The second kappa shape index (κ2) is 9.08. The van der Waals surface area contributed by atoms with E-state index in [1.807, 2.05) is 47.9 Å². The fraction of sp³-hybridized carbons (Fsp3) is 0.0952. The molecular formula is C21H19NO3S. The smallest absolute Gasteiger partial charge is 0.341 e. The molecule has 0 saturated heterocycles. The Morgan fingerprint density at radius 1 is 1.08 bits per heavy atom. The molecule has 0 saturated carbocycles. The number of fused-ring (bicyclic) bond motifs is 1. The fourth-order valence-electron chi connectivity index (χ4n) is 2.53. The summed E-state index contributed by atoms with van der Waals surface area (Å²) in [7, 11) is 0. The Morgan fingerprint density at radius 3 is 2.73 bits per heavy atom. The minimum atomic E-state index is -0.983.